The van der Waals surface area contributed by atoms with Gasteiger partial charge in [0.1, 0.15) is 0 Å². The zero-order valence-electron chi connectivity index (χ0n) is 11.9. The standard InChI is InChI=1S/C17H17N3O/c1-12-4-2-3-5-14(12)17(21)18-9-8-13-6-7-15-16(10-13)20-11-19-15/h2-7,10-11H,8-9H2,1H3,(H,18,21)(H,19,20). The van der Waals surface area contributed by atoms with Gasteiger partial charge in [0.25, 0.3) is 5.91 Å². The Kier molecular flexibility index (Phi) is 3.69. The highest BCUT2D eigenvalue weighted by Crippen LogP contribution is 2.12. The number of aryl methyl sites for hydroxylation is 1. The molecule has 2 aromatic carbocycles. The van der Waals surface area contributed by atoms with Crippen LogP contribution in [0.5, 0.6) is 0 Å². The summed E-state index contributed by atoms with van der Waals surface area (Å²) in [5, 5.41) is 2.97. The normalized spacial score (nSPS) is 10.7. The van der Waals surface area contributed by atoms with Gasteiger partial charge in [0.2, 0.25) is 0 Å². The Morgan fingerprint density at radius 3 is 2.95 bits per heavy atom. The van der Waals surface area contributed by atoms with Crippen LogP contribution in [0.15, 0.2) is 48.8 Å². The van der Waals surface area contributed by atoms with Crippen LogP contribution < -0.4 is 5.32 Å². The van der Waals surface area contributed by atoms with Crippen LogP contribution in [0.1, 0.15) is 21.5 Å². The number of amides is 1. The second-order valence-corrected chi connectivity index (χ2v) is 5.07. The molecule has 0 bridgehead atoms. The first kappa shape index (κ1) is 13.4. The van der Waals surface area contributed by atoms with Crippen molar-refractivity contribution in [2.24, 2.45) is 0 Å². The number of fused-ring (bicyclic) bond motifs is 1. The second-order valence-electron chi connectivity index (χ2n) is 5.07. The van der Waals surface area contributed by atoms with E-state index in [1.165, 1.54) is 5.56 Å². The SMILES string of the molecule is Cc1ccccc1C(=O)NCCc1ccc2nc[nH]c2c1. The molecule has 0 fully saturated rings. The van der Waals surface area contributed by atoms with E-state index in [9.17, 15) is 4.79 Å². The molecule has 4 nitrogen and oxygen atoms in total. The Labute approximate surface area is 123 Å². The second kappa shape index (κ2) is 5.79. The molecule has 1 heterocycles. The van der Waals surface area contributed by atoms with Gasteiger partial charge in [0.15, 0.2) is 0 Å². The number of hydrogen-bond acceptors (Lipinski definition) is 2. The molecular formula is C17H17N3O. The Bertz CT molecular complexity index is 776. The molecule has 0 aliphatic heterocycles. The molecule has 21 heavy (non-hydrogen) atoms. The van der Waals surface area contributed by atoms with Gasteiger partial charge in [-0.05, 0) is 42.7 Å². The van der Waals surface area contributed by atoms with Crippen molar-refractivity contribution >= 4 is 16.9 Å². The summed E-state index contributed by atoms with van der Waals surface area (Å²) in [4.78, 5) is 19.4. The summed E-state index contributed by atoms with van der Waals surface area (Å²) in [5.74, 6) is -0.0179. The smallest absolute Gasteiger partial charge is 0.251 e. The molecule has 0 spiro atoms. The number of imidazole rings is 1. The molecule has 0 saturated heterocycles. The van der Waals surface area contributed by atoms with Gasteiger partial charge in [-0.3, -0.25) is 4.79 Å². The minimum Gasteiger partial charge on any atom is -0.352 e. The number of nitrogens with one attached hydrogen (secondary N) is 2. The highest BCUT2D eigenvalue weighted by atomic mass is 16.1. The quantitative estimate of drug-likeness (QED) is 0.771. The van der Waals surface area contributed by atoms with Crippen molar-refractivity contribution in [2.75, 3.05) is 6.54 Å². The van der Waals surface area contributed by atoms with Gasteiger partial charge in [-0.2, -0.15) is 0 Å². The molecule has 2 N–H and O–H groups in total. The maximum Gasteiger partial charge on any atom is 0.251 e. The number of aromatic nitrogens is 2. The zero-order valence-corrected chi connectivity index (χ0v) is 11.9. The first-order valence-electron chi connectivity index (χ1n) is 7.00. The van der Waals surface area contributed by atoms with E-state index in [1.807, 2.05) is 43.3 Å². The van der Waals surface area contributed by atoms with E-state index in [0.717, 1.165) is 28.6 Å². The monoisotopic (exact) mass is 279 g/mol. The van der Waals surface area contributed by atoms with Crippen molar-refractivity contribution in [1.29, 1.82) is 0 Å². The number of carbonyl (C=O) groups excluding carboxylic acids is 1. The minimum atomic E-state index is -0.0179. The summed E-state index contributed by atoms with van der Waals surface area (Å²) < 4.78 is 0. The molecule has 0 aliphatic carbocycles. The molecule has 106 valence electrons. The number of nitrogens with zero attached hydrogens (tertiary/aromatic N) is 1. The van der Waals surface area contributed by atoms with Gasteiger partial charge in [0, 0.05) is 12.1 Å². The van der Waals surface area contributed by atoms with Crippen molar-refractivity contribution in [3.8, 4) is 0 Å². The molecule has 0 aliphatic rings. The Balaban J connectivity index is 1.60. The highest BCUT2D eigenvalue weighted by molar-refractivity contribution is 5.95. The van der Waals surface area contributed by atoms with Gasteiger partial charge in [-0.1, -0.05) is 24.3 Å². The Morgan fingerprint density at radius 2 is 2.10 bits per heavy atom. The third-order valence-corrected chi connectivity index (χ3v) is 3.57. The molecule has 1 amide bonds. The maximum atomic E-state index is 12.1. The summed E-state index contributed by atoms with van der Waals surface area (Å²) >= 11 is 0. The number of aromatic amines is 1. The minimum absolute atomic E-state index is 0.0179. The lowest BCUT2D eigenvalue weighted by molar-refractivity contribution is 0.0953. The summed E-state index contributed by atoms with van der Waals surface area (Å²) in [6, 6.07) is 13.7. The van der Waals surface area contributed by atoms with Crippen molar-refractivity contribution in [1.82, 2.24) is 15.3 Å². The van der Waals surface area contributed by atoms with E-state index in [4.69, 9.17) is 0 Å². The predicted molar refractivity (Wildman–Crippen MR) is 83.3 cm³/mol. The third kappa shape index (κ3) is 2.94. The van der Waals surface area contributed by atoms with Crippen molar-refractivity contribution in [3.05, 3.63) is 65.5 Å². The molecule has 0 unspecified atom stereocenters. The third-order valence-electron chi connectivity index (χ3n) is 3.57. The first-order chi connectivity index (χ1) is 10.2. The molecular weight excluding hydrogens is 262 g/mol. The van der Waals surface area contributed by atoms with E-state index in [1.54, 1.807) is 6.33 Å². The Hall–Kier alpha value is -2.62. The lowest BCUT2D eigenvalue weighted by Gasteiger charge is -2.07. The molecule has 0 saturated carbocycles. The fraction of sp³-hybridized carbons (Fsp3) is 0.176. The van der Waals surface area contributed by atoms with Gasteiger partial charge in [-0.25, -0.2) is 4.98 Å². The van der Waals surface area contributed by atoms with Gasteiger partial charge in [0.05, 0.1) is 17.4 Å². The lowest BCUT2D eigenvalue weighted by Crippen LogP contribution is -2.26. The molecule has 1 aromatic heterocycles. The van der Waals surface area contributed by atoms with Crippen LogP contribution in [0.2, 0.25) is 0 Å². The van der Waals surface area contributed by atoms with E-state index in [0.29, 0.717) is 6.54 Å². The van der Waals surface area contributed by atoms with Crippen molar-refractivity contribution in [2.45, 2.75) is 13.3 Å². The van der Waals surface area contributed by atoms with E-state index >= 15 is 0 Å². The number of carbonyl (C=O) groups is 1. The van der Waals surface area contributed by atoms with Crippen LogP contribution in [0.4, 0.5) is 0 Å². The lowest BCUT2D eigenvalue weighted by atomic mass is 10.1. The fourth-order valence-electron chi connectivity index (χ4n) is 2.38. The van der Waals surface area contributed by atoms with Gasteiger partial charge >= 0.3 is 0 Å². The van der Waals surface area contributed by atoms with Crippen LogP contribution in [0, 0.1) is 6.92 Å². The summed E-state index contributed by atoms with van der Waals surface area (Å²) in [6.45, 7) is 2.56. The van der Waals surface area contributed by atoms with Crippen molar-refractivity contribution in [3.63, 3.8) is 0 Å². The fourth-order valence-corrected chi connectivity index (χ4v) is 2.38. The summed E-state index contributed by atoms with van der Waals surface area (Å²) in [6.07, 6.45) is 2.49. The Morgan fingerprint density at radius 1 is 1.24 bits per heavy atom. The number of rotatable bonds is 4. The number of hydrogen-bond donors (Lipinski definition) is 2. The van der Waals surface area contributed by atoms with E-state index in [2.05, 4.69) is 21.4 Å². The zero-order chi connectivity index (χ0) is 14.7. The molecule has 4 heteroatoms. The van der Waals surface area contributed by atoms with Crippen LogP contribution in [0.25, 0.3) is 11.0 Å². The van der Waals surface area contributed by atoms with Gasteiger partial charge in [-0.15, -0.1) is 0 Å². The predicted octanol–water partition coefficient (Wildman–Crippen LogP) is 2.84. The average Bonchev–Trinajstić information content (AvgIpc) is 2.95. The van der Waals surface area contributed by atoms with Crippen LogP contribution >= 0.6 is 0 Å². The van der Waals surface area contributed by atoms with Crippen LogP contribution in [-0.4, -0.2) is 22.4 Å². The van der Waals surface area contributed by atoms with Crippen LogP contribution in [-0.2, 0) is 6.42 Å². The number of benzene rings is 2. The molecule has 0 atom stereocenters. The molecule has 0 radical (unpaired) electrons. The first-order valence-corrected chi connectivity index (χ1v) is 7.00. The number of H-pyrrole nitrogens is 1. The topological polar surface area (TPSA) is 57.8 Å². The summed E-state index contributed by atoms with van der Waals surface area (Å²) in [5.41, 5.74) is 4.90. The average molecular weight is 279 g/mol. The molecule has 3 rings (SSSR count). The van der Waals surface area contributed by atoms with Crippen molar-refractivity contribution < 1.29 is 4.79 Å². The van der Waals surface area contributed by atoms with E-state index < -0.39 is 0 Å². The van der Waals surface area contributed by atoms with Gasteiger partial charge < -0.3 is 10.3 Å². The summed E-state index contributed by atoms with van der Waals surface area (Å²) in [7, 11) is 0. The maximum absolute atomic E-state index is 12.1. The highest BCUT2D eigenvalue weighted by Gasteiger charge is 2.07. The largest absolute Gasteiger partial charge is 0.352 e. The van der Waals surface area contributed by atoms with Crippen LogP contribution in [0.3, 0.4) is 0 Å². The van der Waals surface area contributed by atoms with E-state index in [-0.39, 0.29) is 5.91 Å². The molecule has 3 aromatic rings.